The Hall–Kier alpha value is -2.24. The van der Waals surface area contributed by atoms with Crippen molar-refractivity contribution < 1.29 is 14.7 Å². The fourth-order valence-electron chi connectivity index (χ4n) is 2.98. The molecule has 2 rings (SSSR count). The summed E-state index contributed by atoms with van der Waals surface area (Å²) in [6.45, 7) is 2.02. The Bertz CT molecular complexity index is 785. The Morgan fingerprint density at radius 1 is 1.11 bits per heavy atom. The summed E-state index contributed by atoms with van der Waals surface area (Å²) in [4.78, 5) is 23.2. The van der Waals surface area contributed by atoms with E-state index in [0.29, 0.717) is 12.8 Å². The lowest BCUT2D eigenvalue weighted by molar-refractivity contribution is -0.115. The van der Waals surface area contributed by atoms with Crippen molar-refractivity contribution in [3.63, 3.8) is 0 Å². The topological polar surface area (TPSA) is 66.4 Å². The van der Waals surface area contributed by atoms with E-state index in [2.05, 4.69) is 33.4 Å². The van der Waals surface area contributed by atoms with Crippen LogP contribution in [0.2, 0.25) is 0 Å². The Labute approximate surface area is 168 Å². The second-order valence-corrected chi connectivity index (χ2v) is 7.27. The molecular weight excluding hydrogens is 406 g/mol. The molecule has 0 heterocycles. The van der Waals surface area contributed by atoms with Crippen molar-refractivity contribution in [1.82, 2.24) is 5.32 Å². The number of unbranched alkanes of at least 4 members (excludes halogenated alkanes) is 1. The van der Waals surface area contributed by atoms with E-state index in [1.54, 1.807) is 0 Å². The van der Waals surface area contributed by atoms with E-state index in [4.69, 9.17) is 0 Å². The predicted octanol–water partition coefficient (Wildman–Crippen LogP) is 4.70. The lowest BCUT2D eigenvalue weighted by atomic mass is 9.94. The predicted molar refractivity (Wildman–Crippen MR) is 111 cm³/mol. The summed E-state index contributed by atoms with van der Waals surface area (Å²) in [7, 11) is 0. The number of hydrogen-bond acceptors (Lipinski definition) is 4. The summed E-state index contributed by atoms with van der Waals surface area (Å²) >= 11 is 3.39. The van der Waals surface area contributed by atoms with Gasteiger partial charge in [-0.3, -0.25) is 9.59 Å². The van der Waals surface area contributed by atoms with E-state index in [0.717, 1.165) is 29.3 Å². The summed E-state index contributed by atoms with van der Waals surface area (Å²) in [6.07, 6.45) is 3.22. The van der Waals surface area contributed by atoms with Gasteiger partial charge in [0.05, 0.1) is 11.6 Å². The van der Waals surface area contributed by atoms with Gasteiger partial charge >= 0.3 is 0 Å². The standard InChI is InChI=1S/C22H24BrNO3/c1-16(26)21(20(27)15-25)22(18-10-12-19(23)13-11-18)24-14-6-5-9-17-7-3-2-4-8-17/h2-4,7-8,10-13,15,22,24,27H,5-6,9,14H2,1H3/b21-20+. The number of carbonyl (C=O) groups is 2. The first-order chi connectivity index (χ1) is 13.0. The first-order valence-electron chi connectivity index (χ1n) is 8.95. The minimum atomic E-state index is -0.530. The number of ketones is 1. The largest absolute Gasteiger partial charge is 0.504 e. The minimum absolute atomic E-state index is 0.0929. The van der Waals surface area contributed by atoms with Crippen LogP contribution < -0.4 is 5.32 Å². The molecule has 0 amide bonds. The van der Waals surface area contributed by atoms with Crippen LogP contribution in [0.1, 0.15) is 36.9 Å². The third-order valence-electron chi connectivity index (χ3n) is 4.34. The summed E-state index contributed by atoms with van der Waals surface area (Å²) in [5.41, 5.74) is 2.21. The highest BCUT2D eigenvalue weighted by molar-refractivity contribution is 9.10. The molecule has 0 aromatic heterocycles. The quantitative estimate of drug-likeness (QED) is 0.248. The molecule has 0 radical (unpaired) electrons. The first-order valence-corrected chi connectivity index (χ1v) is 9.74. The van der Waals surface area contributed by atoms with Crippen LogP contribution in [-0.4, -0.2) is 23.7 Å². The molecule has 2 aromatic carbocycles. The van der Waals surface area contributed by atoms with Crippen molar-refractivity contribution in [1.29, 1.82) is 0 Å². The number of aldehydes is 1. The van der Waals surface area contributed by atoms with Gasteiger partial charge in [0, 0.05) is 4.47 Å². The van der Waals surface area contributed by atoms with Crippen molar-refractivity contribution in [2.75, 3.05) is 6.54 Å². The van der Waals surface area contributed by atoms with E-state index >= 15 is 0 Å². The third kappa shape index (κ3) is 6.45. The van der Waals surface area contributed by atoms with Gasteiger partial charge in [-0.05, 0) is 56.0 Å². The molecule has 142 valence electrons. The average molecular weight is 430 g/mol. The van der Waals surface area contributed by atoms with E-state index in [1.165, 1.54) is 12.5 Å². The van der Waals surface area contributed by atoms with Crippen LogP contribution in [0.15, 0.2) is 70.4 Å². The molecule has 1 unspecified atom stereocenters. The number of aliphatic hydroxyl groups excluding tert-OH is 1. The van der Waals surface area contributed by atoms with Gasteiger partial charge in [0.1, 0.15) is 0 Å². The normalized spacial score (nSPS) is 13.0. The highest BCUT2D eigenvalue weighted by Crippen LogP contribution is 2.26. The molecular formula is C22H24BrNO3. The van der Waals surface area contributed by atoms with Gasteiger partial charge in [-0.25, -0.2) is 0 Å². The molecule has 1 atom stereocenters. The van der Waals surface area contributed by atoms with Gasteiger partial charge in [0.2, 0.25) is 0 Å². The molecule has 4 nitrogen and oxygen atoms in total. The van der Waals surface area contributed by atoms with Gasteiger partial charge in [-0.2, -0.15) is 0 Å². The Morgan fingerprint density at radius 3 is 2.37 bits per heavy atom. The monoisotopic (exact) mass is 429 g/mol. The van der Waals surface area contributed by atoms with Crippen LogP contribution in [-0.2, 0) is 16.0 Å². The molecule has 5 heteroatoms. The molecule has 2 aromatic rings. The minimum Gasteiger partial charge on any atom is -0.504 e. The molecule has 0 fully saturated rings. The zero-order valence-corrected chi connectivity index (χ0v) is 16.9. The average Bonchev–Trinajstić information content (AvgIpc) is 2.67. The number of allylic oxidation sites excluding steroid dienone is 1. The highest BCUT2D eigenvalue weighted by Gasteiger charge is 2.23. The van der Waals surface area contributed by atoms with Crippen molar-refractivity contribution in [3.05, 3.63) is 81.5 Å². The Morgan fingerprint density at radius 2 is 1.78 bits per heavy atom. The number of aliphatic hydroxyl groups is 1. The summed E-state index contributed by atoms with van der Waals surface area (Å²) in [5.74, 6) is -0.850. The molecule has 27 heavy (non-hydrogen) atoms. The second-order valence-electron chi connectivity index (χ2n) is 6.35. The third-order valence-corrected chi connectivity index (χ3v) is 4.87. The van der Waals surface area contributed by atoms with Gasteiger partial charge < -0.3 is 10.4 Å². The molecule has 0 spiro atoms. The van der Waals surface area contributed by atoms with Crippen LogP contribution in [0.3, 0.4) is 0 Å². The molecule has 0 aliphatic rings. The maximum atomic E-state index is 12.1. The van der Waals surface area contributed by atoms with Crippen LogP contribution >= 0.6 is 15.9 Å². The van der Waals surface area contributed by atoms with Crippen LogP contribution in [0.4, 0.5) is 0 Å². The number of Topliss-reactive ketones (excluding diaryl/α,β-unsaturated/α-hetero) is 1. The van der Waals surface area contributed by atoms with Crippen molar-refractivity contribution >= 4 is 28.0 Å². The van der Waals surface area contributed by atoms with Gasteiger partial charge in [-0.15, -0.1) is 0 Å². The molecule has 0 aliphatic heterocycles. The van der Waals surface area contributed by atoms with E-state index < -0.39 is 11.8 Å². The summed E-state index contributed by atoms with van der Waals surface area (Å²) in [6, 6.07) is 17.2. The first kappa shape index (κ1) is 21.1. The van der Waals surface area contributed by atoms with E-state index in [9.17, 15) is 14.7 Å². The number of nitrogens with one attached hydrogen (secondary N) is 1. The maximum absolute atomic E-state index is 12.1. The van der Waals surface area contributed by atoms with Crippen LogP contribution in [0, 0.1) is 0 Å². The van der Waals surface area contributed by atoms with Gasteiger partial charge in [0.15, 0.2) is 17.8 Å². The van der Waals surface area contributed by atoms with Crippen molar-refractivity contribution in [2.45, 2.75) is 32.2 Å². The van der Waals surface area contributed by atoms with Crippen molar-refractivity contribution in [3.8, 4) is 0 Å². The fraction of sp³-hybridized carbons (Fsp3) is 0.273. The Kier molecular flexibility index (Phi) is 8.43. The number of rotatable bonds is 10. The second kappa shape index (κ2) is 10.8. The number of halogens is 1. The summed E-state index contributed by atoms with van der Waals surface area (Å²) in [5, 5.41) is 13.3. The van der Waals surface area contributed by atoms with Crippen LogP contribution in [0.25, 0.3) is 0 Å². The van der Waals surface area contributed by atoms with E-state index in [-0.39, 0.29) is 11.4 Å². The fourth-order valence-corrected chi connectivity index (χ4v) is 3.25. The maximum Gasteiger partial charge on any atom is 0.184 e. The highest BCUT2D eigenvalue weighted by atomic mass is 79.9. The smallest absolute Gasteiger partial charge is 0.184 e. The van der Waals surface area contributed by atoms with Gasteiger partial charge in [-0.1, -0.05) is 58.4 Å². The van der Waals surface area contributed by atoms with E-state index in [1.807, 2.05) is 42.5 Å². The molecule has 0 saturated carbocycles. The molecule has 2 N–H and O–H groups in total. The lowest BCUT2D eigenvalue weighted by Gasteiger charge is -2.21. The lowest BCUT2D eigenvalue weighted by Crippen LogP contribution is -2.28. The zero-order valence-electron chi connectivity index (χ0n) is 15.3. The van der Waals surface area contributed by atoms with Crippen molar-refractivity contribution in [2.24, 2.45) is 0 Å². The SMILES string of the molecule is CC(=O)/C(=C(\O)C=O)C(NCCCCc1ccccc1)c1ccc(Br)cc1. The van der Waals surface area contributed by atoms with Crippen LogP contribution in [0.5, 0.6) is 0 Å². The summed E-state index contributed by atoms with van der Waals surface area (Å²) < 4.78 is 0.917. The number of benzene rings is 2. The van der Waals surface area contributed by atoms with Gasteiger partial charge in [0.25, 0.3) is 0 Å². The number of aryl methyl sites for hydroxylation is 1. The number of carbonyl (C=O) groups excluding carboxylic acids is 2. The zero-order chi connectivity index (χ0) is 19.6. The molecule has 0 saturated heterocycles. The molecule has 0 bridgehead atoms. The number of hydrogen-bond donors (Lipinski definition) is 2. The molecule has 0 aliphatic carbocycles. The Balaban J connectivity index is 2.07.